The smallest absolute Gasteiger partial charge is 0.294 e. The molecule has 0 aromatic heterocycles. The highest BCUT2D eigenvalue weighted by molar-refractivity contribution is 6.34. The number of amides is 2. The molecule has 0 unspecified atom stereocenters. The number of nitrogen functional groups attached to an aromatic ring is 1. The molecule has 4 N–H and O–H groups in total. The molecule has 0 atom stereocenters. The molecule has 0 aliphatic carbocycles. The van der Waals surface area contributed by atoms with Crippen molar-refractivity contribution < 1.29 is 14.5 Å². The first-order valence-electron chi connectivity index (χ1n) is 6.15. The molecule has 0 aliphatic heterocycles. The molecular weight excluding hydrogens is 300 g/mol. The summed E-state index contributed by atoms with van der Waals surface area (Å²) >= 11 is 5.75. The molecule has 0 saturated heterocycles. The number of nitro groups is 1. The summed E-state index contributed by atoms with van der Waals surface area (Å²) in [4.78, 5) is 33.3. The van der Waals surface area contributed by atoms with Crippen molar-refractivity contribution in [3.05, 3.63) is 32.8 Å². The lowest BCUT2D eigenvalue weighted by atomic mass is 10.1. The summed E-state index contributed by atoms with van der Waals surface area (Å²) in [6.07, 6.45) is 0.777. The van der Waals surface area contributed by atoms with Crippen molar-refractivity contribution in [1.29, 1.82) is 0 Å². The van der Waals surface area contributed by atoms with Crippen LogP contribution in [0.2, 0.25) is 5.02 Å². The number of carbonyl (C=O) groups is 2. The first-order chi connectivity index (χ1) is 9.86. The summed E-state index contributed by atoms with van der Waals surface area (Å²) in [7, 11) is 0. The van der Waals surface area contributed by atoms with Crippen LogP contribution in [-0.2, 0) is 4.79 Å². The number of nitro benzene ring substituents is 1. The van der Waals surface area contributed by atoms with Gasteiger partial charge >= 0.3 is 0 Å². The van der Waals surface area contributed by atoms with E-state index in [2.05, 4.69) is 10.6 Å². The number of halogens is 1. The molecule has 9 heteroatoms. The molecule has 0 spiro atoms. The Morgan fingerprint density at radius 2 is 2.05 bits per heavy atom. The van der Waals surface area contributed by atoms with E-state index in [1.807, 2.05) is 6.92 Å². The van der Waals surface area contributed by atoms with Crippen LogP contribution in [0.3, 0.4) is 0 Å². The number of rotatable bonds is 6. The first kappa shape index (κ1) is 16.7. The fourth-order valence-corrected chi connectivity index (χ4v) is 1.69. The van der Waals surface area contributed by atoms with Crippen LogP contribution >= 0.6 is 11.6 Å². The molecular formula is C12H15ClN4O4. The van der Waals surface area contributed by atoms with Gasteiger partial charge in [-0.1, -0.05) is 18.5 Å². The summed E-state index contributed by atoms with van der Waals surface area (Å²) in [5.41, 5.74) is 4.76. The third-order valence-electron chi connectivity index (χ3n) is 2.55. The van der Waals surface area contributed by atoms with Crippen molar-refractivity contribution in [2.45, 2.75) is 13.3 Å². The minimum Gasteiger partial charge on any atom is -0.392 e. The fraction of sp³-hybridized carbons (Fsp3) is 0.333. The van der Waals surface area contributed by atoms with Crippen LogP contribution in [-0.4, -0.2) is 29.8 Å². The summed E-state index contributed by atoms with van der Waals surface area (Å²) in [6.45, 7) is 2.18. The third kappa shape index (κ3) is 4.60. The van der Waals surface area contributed by atoms with E-state index in [0.717, 1.165) is 12.5 Å². The minimum absolute atomic E-state index is 0.0378. The number of nitrogens with two attached hydrogens (primary N) is 1. The Bertz CT molecular complexity index is 577. The highest BCUT2D eigenvalue weighted by Crippen LogP contribution is 2.30. The van der Waals surface area contributed by atoms with Gasteiger partial charge in [-0.15, -0.1) is 0 Å². The van der Waals surface area contributed by atoms with Gasteiger partial charge in [0.25, 0.3) is 11.6 Å². The van der Waals surface area contributed by atoms with Gasteiger partial charge in [0.15, 0.2) is 0 Å². The topological polar surface area (TPSA) is 127 Å². The standard InChI is InChI=1S/C12H15ClN4O4/c1-2-3-15-10(18)6-16-12(19)7-4-8(13)11(14)9(5-7)17(20)21/h4-5H,2-3,6,14H2,1H3,(H,15,18)(H,16,19). The van der Waals surface area contributed by atoms with Crippen LogP contribution in [0.5, 0.6) is 0 Å². The van der Waals surface area contributed by atoms with E-state index < -0.39 is 16.5 Å². The zero-order valence-electron chi connectivity index (χ0n) is 11.3. The second-order valence-electron chi connectivity index (χ2n) is 4.18. The maximum absolute atomic E-state index is 11.8. The van der Waals surface area contributed by atoms with Gasteiger partial charge in [0.1, 0.15) is 5.69 Å². The molecule has 0 bridgehead atoms. The second-order valence-corrected chi connectivity index (χ2v) is 4.59. The quantitative estimate of drug-likeness (QED) is 0.411. The van der Waals surface area contributed by atoms with Crippen LogP contribution in [0, 0.1) is 10.1 Å². The largest absolute Gasteiger partial charge is 0.392 e. The summed E-state index contributed by atoms with van der Waals surface area (Å²) < 4.78 is 0. The van der Waals surface area contributed by atoms with Crippen LogP contribution in [0.25, 0.3) is 0 Å². The van der Waals surface area contributed by atoms with E-state index >= 15 is 0 Å². The molecule has 0 fully saturated rings. The highest BCUT2D eigenvalue weighted by atomic mass is 35.5. The lowest BCUT2D eigenvalue weighted by Gasteiger charge is -2.07. The van der Waals surface area contributed by atoms with Crippen LogP contribution in [0.1, 0.15) is 23.7 Å². The van der Waals surface area contributed by atoms with E-state index in [4.69, 9.17) is 17.3 Å². The van der Waals surface area contributed by atoms with Gasteiger partial charge < -0.3 is 16.4 Å². The average molecular weight is 315 g/mol. The normalized spacial score (nSPS) is 10.0. The molecule has 0 aliphatic rings. The first-order valence-corrected chi connectivity index (χ1v) is 6.53. The van der Waals surface area contributed by atoms with Crippen molar-refractivity contribution in [2.24, 2.45) is 0 Å². The van der Waals surface area contributed by atoms with Crippen molar-refractivity contribution in [1.82, 2.24) is 10.6 Å². The fourth-order valence-electron chi connectivity index (χ4n) is 1.48. The lowest BCUT2D eigenvalue weighted by molar-refractivity contribution is -0.383. The summed E-state index contributed by atoms with van der Waals surface area (Å²) in [6, 6.07) is 2.23. The lowest BCUT2D eigenvalue weighted by Crippen LogP contribution is -2.37. The Labute approximate surface area is 125 Å². The van der Waals surface area contributed by atoms with E-state index in [-0.39, 0.29) is 28.7 Å². The van der Waals surface area contributed by atoms with Crippen LogP contribution < -0.4 is 16.4 Å². The number of hydrogen-bond acceptors (Lipinski definition) is 5. The van der Waals surface area contributed by atoms with Crippen LogP contribution in [0.4, 0.5) is 11.4 Å². The zero-order chi connectivity index (χ0) is 16.0. The number of nitrogens with one attached hydrogen (secondary N) is 2. The Morgan fingerprint density at radius 1 is 1.38 bits per heavy atom. The predicted octanol–water partition coefficient (Wildman–Crippen LogP) is 1.09. The van der Waals surface area contributed by atoms with E-state index in [9.17, 15) is 19.7 Å². The molecule has 21 heavy (non-hydrogen) atoms. The Morgan fingerprint density at radius 3 is 2.62 bits per heavy atom. The van der Waals surface area contributed by atoms with E-state index in [1.165, 1.54) is 6.07 Å². The highest BCUT2D eigenvalue weighted by Gasteiger charge is 2.19. The molecule has 8 nitrogen and oxygen atoms in total. The predicted molar refractivity (Wildman–Crippen MR) is 78.2 cm³/mol. The maximum atomic E-state index is 11.8. The third-order valence-corrected chi connectivity index (χ3v) is 2.86. The molecule has 1 rings (SSSR count). The number of carbonyl (C=O) groups excluding carboxylic acids is 2. The number of anilines is 1. The van der Waals surface area contributed by atoms with Crippen LogP contribution in [0.15, 0.2) is 12.1 Å². The van der Waals surface area contributed by atoms with E-state index in [0.29, 0.717) is 6.54 Å². The monoisotopic (exact) mass is 314 g/mol. The maximum Gasteiger partial charge on any atom is 0.294 e. The molecule has 0 saturated carbocycles. The summed E-state index contributed by atoms with van der Waals surface area (Å²) in [5.74, 6) is -0.993. The number of nitrogens with zero attached hydrogens (tertiary/aromatic N) is 1. The SMILES string of the molecule is CCCNC(=O)CNC(=O)c1cc(Cl)c(N)c([N+](=O)[O-])c1. The van der Waals surface area contributed by atoms with Gasteiger partial charge in [0.05, 0.1) is 16.5 Å². The van der Waals surface area contributed by atoms with Gasteiger partial charge in [-0.25, -0.2) is 0 Å². The molecule has 0 heterocycles. The molecule has 2 amide bonds. The van der Waals surface area contributed by atoms with E-state index in [1.54, 1.807) is 0 Å². The van der Waals surface area contributed by atoms with Gasteiger partial charge in [0.2, 0.25) is 5.91 Å². The average Bonchev–Trinajstić information content (AvgIpc) is 2.44. The number of hydrogen-bond donors (Lipinski definition) is 3. The summed E-state index contributed by atoms with van der Waals surface area (Å²) in [5, 5.41) is 15.6. The molecule has 1 aromatic carbocycles. The zero-order valence-corrected chi connectivity index (χ0v) is 12.1. The Kier molecular flexibility index (Phi) is 5.92. The van der Waals surface area contributed by atoms with Gasteiger partial charge in [-0.3, -0.25) is 19.7 Å². The molecule has 0 radical (unpaired) electrons. The van der Waals surface area contributed by atoms with Crippen molar-refractivity contribution in [2.75, 3.05) is 18.8 Å². The minimum atomic E-state index is -0.730. The van der Waals surface area contributed by atoms with Gasteiger partial charge in [0, 0.05) is 18.2 Å². The molecule has 114 valence electrons. The van der Waals surface area contributed by atoms with Gasteiger partial charge in [-0.05, 0) is 12.5 Å². The molecule has 1 aromatic rings. The Hall–Kier alpha value is -2.35. The second kappa shape index (κ2) is 7.44. The number of benzene rings is 1. The van der Waals surface area contributed by atoms with Gasteiger partial charge in [-0.2, -0.15) is 0 Å². The Balaban J connectivity index is 2.79. The van der Waals surface area contributed by atoms with Crippen molar-refractivity contribution in [3.8, 4) is 0 Å². The van der Waals surface area contributed by atoms with Crippen molar-refractivity contribution >= 4 is 34.8 Å². The van der Waals surface area contributed by atoms with Crippen molar-refractivity contribution in [3.63, 3.8) is 0 Å².